The van der Waals surface area contributed by atoms with Gasteiger partial charge in [-0.15, -0.1) is 0 Å². The predicted molar refractivity (Wildman–Crippen MR) is 73.5 cm³/mol. The molecule has 2 atom stereocenters. The maximum atomic E-state index is 13.6. The minimum Gasteiger partial charge on any atom is -0.485 e. The molecule has 2 aromatic rings. The Labute approximate surface area is 119 Å². The zero-order chi connectivity index (χ0) is 13.4. The van der Waals surface area contributed by atoms with Crippen LogP contribution in [0.1, 0.15) is 29.8 Å². The molecule has 0 aromatic heterocycles. The van der Waals surface area contributed by atoms with E-state index in [-0.39, 0.29) is 11.9 Å². The number of hydrogen-bond acceptors (Lipinski definition) is 2. The van der Waals surface area contributed by atoms with Crippen LogP contribution in [0, 0.1) is 5.82 Å². The van der Waals surface area contributed by atoms with E-state index in [1.54, 1.807) is 12.1 Å². The third-order valence-electron chi connectivity index (χ3n) is 3.30. The summed E-state index contributed by atoms with van der Waals surface area (Å²) >= 11 is 3.13. The largest absolute Gasteiger partial charge is 0.485 e. The fraction of sp³-hybridized carbons (Fsp3) is 0.200. The van der Waals surface area contributed by atoms with E-state index in [0.29, 0.717) is 16.6 Å². The van der Waals surface area contributed by atoms with Crippen molar-refractivity contribution in [1.82, 2.24) is 0 Å². The molecule has 0 radical (unpaired) electrons. The molecule has 0 fully saturated rings. The van der Waals surface area contributed by atoms with Gasteiger partial charge in [-0.1, -0.05) is 24.3 Å². The first-order valence-electron chi connectivity index (χ1n) is 6.04. The lowest BCUT2D eigenvalue weighted by atomic mass is 9.95. The van der Waals surface area contributed by atoms with Gasteiger partial charge in [0.15, 0.2) is 0 Å². The van der Waals surface area contributed by atoms with Crippen molar-refractivity contribution in [1.29, 1.82) is 0 Å². The first kappa shape index (κ1) is 12.6. The highest BCUT2D eigenvalue weighted by Gasteiger charge is 2.27. The Balaban J connectivity index is 1.94. The molecule has 0 spiro atoms. The Morgan fingerprint density at radius 3 is 2.79 bits per heavy atom. The van der Waals surface area contributed by atoms with E-state index in [2.05, 4.69) is 15.9 Å². The summed E-state index contributed by atoms with van der Waals surface area (Å²) in [5.74, 6) is 0.337. The number of benzene rings is 2. The zero-order valence-corrected chi connectivity index (χ0v) is 11.6. The maximum absolute atomic E-state index is 13.6. The van der Waals surface area contributed by atoms with Crippen LogP contribution >= 0.6 is 15.9 Å². The van der Waals surface area contributed by atoms with Crippen LogP contribution in [0.5, 0.6) is 5.75 Å². The third kappa shape index (κ3) is 2.38. The van der Waals surface area contributed by atoms with Crippen LogP contribution in [0.25, 0.3) is 0 Å². The van der Waals surface area contributed by atoms with Crippen molar-refractivity contribution in [2.75, 3.05) is 0 Å². The summed E-state index contributed by atoms with van der Waals surface area (Å²) in [7, 11) is 0. The summed E-state index contributed by atoms with van der Waals surface area (Å²) in [6.45, 7) is 0. The second-order valence-corrected chi connectivity index (χ2v) is 5.42. The molecule has 3 rings (SSSR count). The molecular formula is C15H12BrFO2. The van der Waals surface area contributed by atoms with Crippen molar-refractivity contribution in [3.63, 3.8) is 0 Å². The van der Waals surface area contributed by atoms with Crippen LogP contribution in [0.4, 0.5) is 4.39 Å². The number of aliphatic hydroxyl groups excluding tert-OH is 1. The Morgan fingerprint density at radius 1 is 1.21 bits per heavy atom. The predicted octanol–water partition coefficient (Wildman–Crippen LogP) is 4.15. The van der Waals surface area contributed by atoms with Crippen LogP contribution in [0.3, 0.4) is 0 Å². The van der Waals surface area contributed by atoms with Gasteiger partial charge < -0.3 is 9.84 Å². The molecule has 1 aliphatic heterocycles. The molecule has 2 aromatic carbocycles. The van der Waals surface area contributed by atoms with E-state index in [1.165, 1.54) is 6.07 Å². The number of rotatable bonds is 1. The molecule has 2 nitrogen and oxygen atoms in total. The van der Waals surface area contributed by atoms with Gasteiger partial charge in [0.1, 0.15) is 17.7 Å². The molecule has 4 heteroatoms. The highest BCUT2D eigenvalue weighted by atomic mass is 79.9. The number of hydrogen-bond donors (Lipinski definition) is 1. The van der Waals surface area contributed by atoms with Gasteiger partial charge >= 0.3 is 0 Å². The molecule has 0 aliphatic carbocycles. The zero-order valence-electron chi connectivity index (χ0n) is 10.0. The molecule has 0 bridgehead atoms. The van der Waals surface area contributed by atoms with Gasteiger partial charge in [0.2, 0.25) is 0 Å². The SMILES string of the molecule is O[C@H]1CC(c2ccc(Br)c(F)c2)Oc2ccccc21. The number of halogens is 2. The first-order valence-corrected chi connectivity index (χ1v) is 6.83. The average Bonchev–Trinajstić information content (AvgIpc) is 2.42. The quantitative estimate of drug-likeness (QED) is 0.854. The monoisotopic (exact) mass is 322 g/mol. The molecule has 1 unspecified atom stereocenters. The molecule has 1 heterocycles. The highest BCUT2D eigenvalue weighted by molar-refractivity contribution is 9.10. The van der Waals surface area contributed by atoms with Gasteiger partial charge in [-0.05, 0) is 39.7 Å². The Bertz CT molecular complexity index is 615. The van der Waals surface area contributed by atoms with Crippen LogP contribution in [-0.4, -0.2) is 5.11 Å². The molecule has 98 valence electrons. The number of ether oxygens (including phenoxy) is 1. The molecule has 1 aliphatic rings. The third-order valence-corrected chi connectivity index (χ3v) is 3.94. The minimum absolute atomic E-state index is 0.325. The van der Waals surface area contributed by atoms with Crippen molar-refractivity contribution < 1.29 is 14.2 Å². The Morgan fingerprint density at radius 2 is 2.00 bits per heavy atom. The topological polar surface area (TPSA) is 29.5 Å². The smallest absolute Gasteiger partial charge is 0.137 e. The van der Waals surface area contributed by atoms with Crippen molar-refractivity contribution in [2.45, 2.75) is 18.6 Å². The van der Waals surface area contributed by atoms with E-state index in [9.17, 15) is 9.50 Å². The number of fused-ring (bicyclic) bond motifs is 1. The molecule has 19 heavy (non-hydrogen) atoms. The molecule has 0 amide bonds. The molecule has 0 saturated carbocycles. The van der Waals surface area contributed by atoms with Crippen molar-refractivity contribution in [3.05, 3.63) is 63.9 Å². The van der Waals surface area contributed by atoms with Crippen molar-refractivity contribution in [3.8, 4) is 5.75 Å². The minimum atomic E-state index is -0.582. The van der Waals surface area contributed by atoms with Crippen LogP contribution in [0.2, 0.25) is 0 Å². The summed E-state index contributed by atoms with van der Waals surface area (Å²) in [5, 5.41) is 10.1. The summed E-state index contributed by atoms with van der Waals surface area (Å²) in [6.07, 6.45) is -0.480. The van der Waals surface area contributed by atoms with Crippen molar-refractivity contribution >= 4 is 15.9 Å². The maximum Gasteiger partial charge on any atom is 0.137 e. The lowest BCUT2D eigenvalue weighted by molar-refractivity contribution is 0.0656. The molecule has 0 saturated heterocycles. The number of para-hydroxylation sites is 1. The van der Waals surface area contributed by atoms with Gasteiger partial charge in [-0.2, -0.15) is 0 Å². The molecular weight excluding hydrogens is 311 g/mol. The lowest BCUT2D eigenvalue weighted by Crippen LogP contribution is -2.19. The summed E-state index contributed by atoms with van der Waals surface area (Å²) in [6, 6.07) is 12.3. The lowest BCUT2D eigenvalue weighted by Gasteiger charge is -2.29. The summed E-state index contributed by atoms with van der Waals surface area (Å²) in [4.78, 5) is 0. The van der Waals surface area contributed by atoms with E-state index in [4.69, 9.17) is 4.74 Å². The van der Waals surface area contributed by atoms with Crippen LogP contribution in [0.15, 0.2) is 46.9 Å². The van der Waals surface area contributed by atoms with Crippen LogP contribution in [-0.2, 0) is 0 Å². The van der Waals surface area contributed by atoms with Crippen molar-refractivity contribution in [2.24, 2.45) is 0 Å². The summed E-state index contributed by atoms with van der Waals surface area (Å²) in [5.41, 5.74) is 1.52. The van der Waals surface area contributed by atoms with Gasteiger partial charge in [0.05, 0.1) is 10.6 Å². The van der Waals surface area contributed by atoms with E-state index in [0.717, 1.165) is 11.1 Å². The standard InChI is InChI=1S/C15H12BrFO2/c16-11-6-5-9(7-12(11)17)15-8-13(18)10-3-1-2-4-14(10)19-15/h1-7,13,15,18H,8H2/t13-,15?/m0/s1. The van der Waals surface area contributed by atoms with E-state index >= 15 is 0 Å². The first-order chi connectivity index (χ1) is 9.15. The van der Waals surface area contributed by atoms with Gasteiger partial charge in [0, 0.05) is 12.0 Å². The van der Waals surface area contributed by atoms with Gasteiger partial charge in [-0.3, -0.25) is 0 Å². The van der Waals surface area contributed by atoms with Crippen LogP contribution < -0.4 is 4.74 Å². The summed E-state index contributed by atoms with van der Waals surface area (Å²) < 4.78 is 19.8. The normalized spacial score (nSPS) is 21.6. The van der Waals surface area contributed by atoms with E-state index < -0.39 is 6.10 Å². The fourth-order valence-corrected chi connectivity index (χ4v) is 2.56. The second kappa shape index (κ2) is 4.94. The van der Waals surface area contributed by atoms with E-state index in [1.807, 2.05) is 24.3 Å². The Hall–Kier alpha value is -1.39. The van der Waals surface area contributed by atoms with Gasteiger partial charge in [0.25, 0.3) is 0 Å². The fourth-order valence-electron chi connectivity index (χ4n) is 2.31. The second-order valence-electron chi connectivity index (χ2n) is 4.57. The molecule has 1 N–H and O–H groups in total. The highest BCUT2D eigenvalue weighted by Crippen LogP contribution is 2.40. The average molecular weight is 323 g/mol. The van der Waals surface area contributed by atoms with Gasteiger partial charge in [-0.25, -0.2) is 4.39 Å². The Kier molecular flexibility index (Phi) is 3.29. The number of aliphatic hydroxyl groups is 1.